The number of hydrogen-bond acceptors (Lipinski definition) is 5. The van der Waals surface area contributed by atoms with Gasteiger partial charge in [-0.05, 0) is 41.9 Å². The first-order valence-electron chi connectivity index (χ1n) is 8.32. The number of aryl methyl sites for hydroxylation is 1. The number of methoxy groups -OCH3 is 1. The van der Waals surface area contributed by atoms with E-state index in [-0.39, 0.29) is 18.3 Å². The molecule has 2 aromatic carbocycles. The third kappa shape index (κ3) is 3.71. The number of nitrogens with one attached hydrogen (secondary N) is 1. The van der Waals surface area contributed by atoms with Crippen molar-refractivity contribution in [1.82, 2.24) is 20.3 Å². The molecule has 1 unspecified atom stereocenters. The topological polar surface area (TPSA) is 69.0 Å². The van der Waals surface area contributed by atoms with Gasteiger partial charge in [0.2, 0.25) is 0 Å². The fraction of sp³-hybridized carbons (Fsp3) is 0.316. The van der Waals surface area contributed by atoms with Gasteiger partial charge in [-0.25, -0.2) is 4.68 Å². The Labute approximate surface area is 157 Å². The summed E-state index contributed by atoms with van der Waals surface area (Å²) in [6.07, 6.45) is 0.239. The number of rotatable bonds is 6. The summed E-state index contributed by atoms with van der Waals surface area (Å²) >= 11 is 6.29. The maximum Gasteiger partial charge on any atom is 0.306 e. The van der Waals surface area contributed by atoms with Crippen molar-refractivity contribution in [2.45, 2.75) is 18.9 Å². The number of esters is 1. The summed E-state index contributed by atoms with van der Waals surface area (Å²) in [5.74, 6) is -0.416. The highest BCUT2D eigenvalue weighted by atomic mass is 35.5. The molecule has 0 bridgehead atoms. The van der Waals surface area contributed by atoms with E-state index in [1.54, 1.807) is 4.68 Å². The van der Waals surface area contributed by atoms with E-state index in [1.165, 1.54) is 7.11 Å². The minimum absolute atomic E-state index is 0.151. The number of carbonyl (C=O) groups is 1. The van der Waals surface area contributed by atoms with Crippen molar-refractivity contribution in [3.05, 3.63) is 58.1 Å². The predicted octanol–water partition coefficient (Wildman–Crippen LogP) is 3.04. The second-order valence-electron chi connectivity index (χ2n) is 6.18. The number of halogens is 1. The molecule has 136 valence electrons. The molecule has 26 heavy (non-hydrogen) atoms. The molecular formula is C19H21ClN4O2. The number of ether oxygens (including phenoxy) is 1. The summed E-state index contributed by atoms with van der Waals surface area (Å²) in [4.78, 5) is 12.0. The summed E-state index contributed by atoms with van der Waals surface area (Å²) in [7, 11) is 5.13. The molecule has 0 aliphatic rings. The van der Waals surface area contributed by atoms with Crippen molar-refractivity contribution < 1.29 is 9.53 Å². The fourth-order valence-electron chi connectivity index (χ4n) is 3.09. The van der Waals surface area contributed by atoms with Gasteiger partial charge in [-0.3, -0.25) is 4.79 Å². The lowest BCUT2D eigenvalue weighted by atomic mass is 9.87. The third-order valence-electron chi connectivity index (χ3n) is 4.47. The van der Waals surface area contributed by atoms with Crippen molar-refractivity contribution in [1.29, 1.82) is 0 Å². The zero-order valence-electron chi connectivity index (χ0n) is 15.0. The highest BCUT2D eigenvalue weighted by molar-refractivity contribution is 6.31. The van der Waals surface area contributed by atoms with Gasteiger partial charge in [0.05, 0.1) is 19.0 Å². The Morgan fingerprint density at radius 1 is 1.27 bits per heavy atom. The van der Waals surface area contributed by atoms with Gasteiger partial charge < -0.3 is 10.1 Å². The number of hydrogen-bond donors (Lipinski definition) is 1. The predicted molar refractivity (Wildman–Crippen MR) is 101 cm³/mol. The van der Waals surface area contributed by atoms with Crippen molar-refractivity contribution in [2.24, 2.45) is 7.05 Å². The molecule has 0 aliphatic heterocycles. The molecule has 3 aromatic rings. The van der Waals surface area contributed by atoms with E-state index in [1.807, 2.05) is 50.5 Å². The number of carbonyl (C=O) groups excluding carboxylic acids is 1. The summed E-state index contributed by atoms with van der Waals surface area (Å²) in [5, 5.41) is 12.0. The molecule has 1 N–H and O–H groups in total. The average molecular weight is 373 g/mol. The molecule has 7 heteroatoms. The van der Waals surface area contributed by atoms with Crippen LogP contribution >= 0.6 is 11.6 Å². The summed E-state index contributed by atoms with van der Waals surface area (Å²) < 4.78 is 6.63. The average Bonchev–Trinajstić information content (AvgIpc) is 3.02. The zero-order valence-corrected chi connectivity index (χ0v) is 15.7. The highest BCUT2D eigenvalue weighted by Gasteiger charge is 2.21. The second kappa shape index (κ2) is 7.85. The molecule has 0 amide bonds. The van der Waals surface area contributed by atoms with Crippen molar-refractivity contribution >= 4 is 28.6 Å². The van der Waals surface area contributed by atoms with Crippen LogP contribution in [-0.4, -0.2) is 35.1 Å². The van der Waals surface area contributed by atoms with Crippen molar-refractivity contribution in [3.8, 4) is 0 Å². The van der Waals surface area contributed by atoms with E-state index in [0.717, 1.165) is 27.7 Å². The Kier molecular flexibility index (Phi) is 5.54. The van der Waals surface area contributed by atoms with Crippen LogP contribution < -0.4 is 5.32 Å². The van der Waals surface area contributed by atoms with E-state index in [0.29, 0.717) is 11.6 Å². The van der Waals surface area contributed by atoms with Gasteiger partial charge in [0.15, 0.2) is 0 Å². The molecule has 0 spiro atoms. The number of fused-ring (bicyclic) bond motifs is 1. The van der Waals surface area contributed by atoms with Crippen LogP contribution in [0.5, 0.6) is 0 Å². The van der Waals surface area contributed by atoms with Gasteiger partial charge in [-0.1, -0.05) is 35.0 Å². The van der Waals surface area contributed by atoms with Gasteiger partial charge in [-0.15, -0.1) is 5.10 Å². The van der Waals surface area contributed by atoms with Gasteiger partial charge in [0, 0.05) is 24.5 Å². The molecule has 1 atom stereocenters. The first-order chi connectivity index (χ1) is 12.5. The van der Waals surface area contributed by atoms with Crippen molar-refractivity contribution in [3.63, 3.8) is 0 Å². The van der Waals surface area contributed by atoms with Gasteiger partial charge in [0.25, 0.3) is 0 Å². The first-order valence-corrected chi connectivity index (χ1v) is 8.70. The Bertz CT molecular complexity index is 938. The van der Waals surface area contributed by atoms with Crippen LogP contribution in [0.2, 0.25) is 5.02 Å². The smallest absolute Gasteiger partial charge is 0.306 e. The van der Waals surface area contributed by atoms with Crippen LogP contribution in [0, 0.1) is 0 Å². The lowest BCUT2D eigenvalue weighted by Gasteiger charge is -2.18. The quantitative estimate of drug-likeness (QED) is 0.673. The molecule has 0 saturated heterocycles. The SMILES string of the molecule is CNCc1cc(C(CC(=O)OC)c2ccc3c(c2)nnn3C)ccc1Cl. The van der Waals surface area contributed by atoms with Crippen LogP contribution in [0.25, 0.3) is 11.0 Å². The van der Waals surface area contributed by atoms with Crippen LogP contribution in [0.15, 0.2) is 36.4 Å². The molecule has 6 nitrogen and oxygen atoms in total. The largest absolute Gasteiger partial charge is 0.469 e. The lowest BCUT2D eigenvalue weighted by molar-refractivity contribution is -0.140. The monoisotopic (exact) mass is 372 g/mol. The maximum absolute atomic E-state index is 12.0. The molecule has 3 rings (SSSR count). The fourth-order valence-corrected chi connectivity index (χ4v) is 3.27. The normalized spacial score (nSPS) is 12.3. The minimum Gasteiger partial charge on any atom is -0.469 e. The van der Waals surface area contributed by atoms with E-state index in [2.05, 4.69) is 15.6 Å². The Morgan fingerprint density at radius 3 is 2.73 bits per heavy atom. The molecule has 0 saturated carbocycles. The number of nitrogens with zero attached hydrogens (tertiary/aromatic N) is 3. The van der Waals surface area contributed by atoms with Crippen LogP contribution in [0.4, 0.5) is 0 Å². The van der Waals surface area contributed by atoms with Crippen LogP contribution in [0.3, 0.4) is 0 Å². The minimum atomic E-state index is -0.264. The summed E-state index contributed by atoms with van der Waals surface area (Å²) in [6.45, 7) is 0.654. The van der Waals surface area contributed by atoms with Crippen molar-refractivity contribution in [2.75, 3.05) is 14.2 Å². The summed E-state index contributed by atoms with van der Waals surface area (Å²) in [6, 6.07) is 11.8. The first kappa shape index (κ1) is 18.4. The Balaban J connectivity index is 2.06. The third-order valence-corrected chi connectivity index (χ3v) is 4.84. The zero-order chi connectivity index (χ0) is 18.7. The van der Waals surface area contributed by atoms with E-state index >= 15 is 0 Å². The highest BCUT2D eigenvalue weighted by Crippen LogP contribution is 2.32. The van der Waals surface area contributed by atoms with Gasteiger partial charge >= 0.3 is 5.97 Å². The van der Waals surface area contributed by atoms with Crippen LogP contribution in [-0.2, 0) is 23.1 Å². The molecule has 0 fully saturated rings. The molecular weight excluding hydrogens is 352 g/mol. The Morgan fingerprint density at radius 2 is 2.00 bits per heavy atom. The molecule has 1 aromatic heterocycles. The summed E-state index contributed by atoms with van der Waals surface area (Å²) in [5.41, 5.74) is 4.72. The second-order valence-corrected chi connectivity index (χ2v) is 6.58. The van der Waals surface area contributed by atoms with Gasteiger partial charge in [-0.2, -0.15) is 0 Å². The number of benzene rings is 2. The lowest BCUT2D eigenvalue weighted by Crippen LogP contribution is -2.12. The molecule has 0 aliphatic carbocycles. The van der Waals surface area contributed by atoms with Gasteiger partial charge in [0.1, 0.15) is 5.52 Å². The Hall–Kier alpha value is -2.44. The molecule has 1 heterocycles. The van der Waals surface area contributed by atoms with E-state index < -0.39 is 0 Å². The number of aromatic nitrogens is 3. The van der Waals surface area contributed by atoms with E-state index in [4.69, 9.17) is 16.3 Å². The molecule has 0 radical (unpaired) electrons. The maximum atomic E-state index is 12.0. The van der Waals surface area contributed by atoms with Crippen LogP contribution in [0.1, 0.15) is 29.0 Å². The van der Waals surface area contributed by atoms with E-state index in [9.17, 15) is 4.79 Å². The standard InChI is InChI=1S/C19H21ClN4O2/c1-21-11-14-8-12(4-6-16(14)20)15(10-19(25)26-3)13-5-7-18-17(9-13)22-23-24(18)2/h4-9,15,21H,10-11H2,1-3H3.